The summed E-state index contributed by atoms with van der Waals surface area (Å²) in [7, 11) is 0. The zero-order chi connectivity index (χ0) is 18.0. The summed E-state index contributed by atoms with van der Waals surface area (Å²) in [6.45, 7) is 3.92. The average molecular weight is 393 g/mol. The number of anilines is 1. The van der Waals surface area contributed by atoms with E-state index in [1.807, 2.05) is 42.8 Å². The summed E-state index contributed by atoms with van der Waals surface area (Å²) in [5.41, 5.74) is 1.44. The Morgan fingerprint density at radius 2 is 2.12 bits per heavy atom. The third kappa shape index (κ3) is 4.08. The number of carbonyl (C=O) groups excluding carboxylic acids is 2. The Morgan fingerprint density at radius 1 is 1.32 bits per heavy atom. The summed E-state index contributed by atoms with van der Waals surface area (Å²) in [6.07, 6.45) is 1.56. The van der Waals surface area contributed by atoms with Gasteiger partial charge in [0.25, 0.3) is 0 Å². The van der Waals surface area contributed by atoms with Gasteiger partial charge in [0.2, 0.25) is 5.91 Å². The van der Waals surface area contributed by atoms with Crippen LogP contribution < -0.4 is 5.32 Å². The van der Waals surface area contributed by atoms with E-state index in [0.717, 1.165) is 27.6 Å². The summed E-state index contributed by atoms with van der Waals surface area (Å²) in [4.78, 5) is 27.6. The van der Waals surface area contributed by atoms with Crippen molar-refractivity contribution in [2.75, 3.05) is 5.32 Å². The van der Waals surface area contributed by atoms with E-state index in [1.165, 1.54) is 11.3 Å². The SMILES string of the molecule is CC(C)(CC=O)c1csc(NC(=O)Cc2csc3ccc(Cl)cc23)n1. The molecule has 1 N–H and O–H groups in total. The molecule has 0 saturated carbocycles. The third-order valence-corrected chi connectivity index (χ3v) is 6.01. The Hall–Kier alpha value is -1.76. The fourth-order valence-corrected chi connectivity index (χ4v) is 4.52. The molecular weight excluding hydrogens is 376 g/mol. The molecule has 3 rings (SSSR count). The Balaban J connectivity index is 1.71. The molecule has 0 aliphatic rings. The number of fused-ring (bicyclic) bond motifs is 1. The predicted molar refractivity (Wildman–Crippen MR) is 105 cm³/mol. The summed E-state index contributed by atoms with van der Waals surface area (Å²) in [6, 6.07) is 5.70. The molecule has 1 aromatic carbocycles. The van der Waals surface area contributed by atoms with Gasteiger partial charge in [0.1, 0.15) is 6.29 Å². The van der Waals surface area contributed by atoms with E-state index >= 15 is 0 Å². The fourth-order valence-electron chi connectivity index (χ4n) is 2.48. The molecule has 0 radical (unpaired) electrons. The third-order valence-electron chi connectivity index (χ3n) is 4.00. The number of hydrogen-bond donors (Lipinski definition) is 1. The van der Waals surface area contributed by atoms with Gasteiger partial charge in [-0.25, -0.2) is 4.98 Å². The van der Waals surface area contributed by atoms with Crippen molar-refractivity contribution in [1.82, 2.24) is 4.98 Å². The monoisotopic (exact) mass is 392 g/mol. The van der Waals surface area contributed by atoms with E-state index in [4.69, 9.17) is 11.6 Å². The van der Waals surface area contributed by atoms with Gasteiger partial charge in [-0.1, -0.05) is 25.4 Å². The molecule has 0 atom stereocenters. The fraction of sp³-hybridized carbons (Fsp3) is 0.278. The zero-order valence-electron chi connectivity index (χ0n) is 13.8. The number of thiazole rings is 1. The quantitative estimate of drug-likeness (QED) is 0.596. The molecule has 1 amide bonds. The Labute approximate surface area is 158 Å². The molecule has 0 aliphatic carbocycles. The molecule has 4 nitrogen and oxygen atoms in total. The molecule has 3 aromatic rings. The van der Waals surface area contributed by atoms with Gasteiger partial charge < -0.3 is 10.1 Å². The molecule has 2 aromatic heterocycles. The van der Waals surface area contributed by atoms with Gasteiger partial charge in [-0.2, -0.15) is 0 Å². The van der Waals surface area contributed by atoms with Gasteiger partial charge in [-0.05, 0) is 34.5 Å². The number of nitrogens with one attached hydrogen (secondary N) is 1. The van der Waals surface area contributed by atoms with Gasteiger partial charge in [0.15, 0.2) is 5.13 Å². The van der Waals surface area contributed by atoms with Crippen molar-refractivity contribution in [3.63, 3.8) is 0 Å². The van der Waals surface area contributed by atoms with Crippen LogP contribution in [0.15, 0.2) is 29.0 Å². The van der Waals surface area contributed by atoms with E-state index in [2.05, 4.69) is 10.3 Å². The van der Waals surface area contributed by atoms with Crippen LogP contribution >= 0.6 is 34.3 Å². The van der Waals surface area contributed by atoms with Crippen LogP contribution in [0.4, 0.5) is 5.13 Å². The first-order chi connectivity index (χ1) is 11.9. The molecule has 2 heterocycles. The van der Waals surface area contributed by atoms with Crippen molar-refractivity contribution >= 4 is 61.7 Å². The molecule has 0 fully saturated rings. The highest BCUT2D eigenvalue weighted by Crippen LogP contribution is 2.31. The highest BCUT2D eigenvalue weighted by Gasteiger charge is 2.23. The van der Waals surface area contributed by atoms with E-state index < -0.39 is 0 Å². The summed E-state index contributed by atoms with van der Waals surface area (Å²) in [5.74, 6) is -0.117. The second kappa shape index (κ2) is 7.23. The van der Waals surface area contributed by atoms with E-state index in [1.54, 1.807) is 11.3 Å². The predicted octanol–water partition coefficient (Wildman–Crippen LogP) is 5.06. The normalized spacial score (nSPS) is 11.6. The van der Waals surface area contributed by atoms with Crippen molar-refractivity contribution in [3.05, 3.63) is 45.2 Å². The number of aromatic nitrogens is 1. The number of amides is 1. The first kappa shape index (κ1) is 18.0. The van der Waals surface area contributed by atoms with Crippen LogP contribution in [0.2, 0.25) is 5.02 Å². The van der Waals surface area contributed by atoms with Crippen LogP contribution in [0, 0.1) is 0 Å². The number of halogens is 1. The average Bonchev–Trinajstić information content (AvgIpc) is 3.15. The Bertz CT molecular complexity index is 930. The van der Waals surface area contributed by atoms with Crippen molar-refractivity contribution in [1.29, 1.82) is 0 Å². The molecule has 0 spiro atoms. The second-order valence-corrected chi connectivity index (χ2v) is 8.62. The van der Waals surface area contributed by atoms with Crippen LogP contribution in [-0.4, -0.2) is 17.2 Å². The minimum absolute atomic E-state index is 0.117. The number of aldehydes is 1. The summed E-state index contributed by atoms with van der Waals surface area (Å²) in [5, 5.41) is 8.95. The zero-order valence-corrected chi connectivity index (χ0v) is 16.2. The Morgan fingerprint density at radius 3 is 2.88 bits per heavy atom. The highest BCUT2D eigenvalue weighted by molar-refractivity contribution is 7.17. The lowest BCUT2D eigenvalue weighted by Crippen LogP contribution is -2.19. The summed E-state index contributed by atoms with van der Waals surface area (Å²) >= 11 is 9.03. The number of benzene rings is 1. The van der Waals surface area contributed by atoms with Crippen molar-refractivity contribution in [2.45, 2.75) is 32.1 Å². The van der Waals surface area contributed by atoms with Gasteiger partial charge in [0, 0.05) is 26.9 Å². The number of thiophene rings is 1. The first-order valence-electron chi connectivity index (χ1n) is 7.74. The van der Waals surface area contributed by atoms with Crippen LogP contribution in [0.25, 0.3) is 10.1 Å². The smallest absolute Gasteiger partial charge is 0.230 e. The van der Waals surface area contributed by atoms with Crippen LogP contribution in [0.3, 0.4) is 0 Å². The highest BCUT2D eigenvalue weighted by atomic mass is 35.5. The van der Waals surface area contributed by atoms with E-state index in [9.17, 15) is 9.59 Å². The molecule has 130 valence electrons. The van der Waals surface area contributed by atoms with E-state index in [0.29, 0.717) is 16.6 Å². The molecule has 0 saturated heterocycles. The lowest BCUT2D eigenvalue weighted by atomic mass is 9.87. The molecule has 25 heavy (non-hydrogen) atoms. The molecule has 0 unspecified atom stereocenters. The largest absolute Gasteiger partial charge is 0.303 e. The minimum atomic E-state index is -0.332. The van der Waals surface area contributed by atoms with Crippen LogP contribution in [0.5, 0.6) is 0 Å². The maximum atomic E-state index is 12.4. The van der Waals surface area contributed by atoms with Crippen molar-refractivity contribution in [2.24, 2.45) is 0 Å². The number of carbonyl (C=O) groups is 2. The van der Waals surface area contributed by atoms with Gasteiger partial charge in [0.05, 0.1) is 12.1 Å². The van der Waals surface area contributed by atoms with Gasteiger partial charge in [-0.3, -0.25) is 4.79 Å². The topological polar surface area (TPSA) is 59.1 Å². The lowest BCUT2D eigenvalue weighted by molar-refractivity contribution is -0.115. The minimum Gasteiger partial charge on any atom is -0.303 e. The number of rotatable bonds is 6. The maximum Gasteiger partial charge on any atom is 0.230 e. The van der Waals surface area contributed by atoms with Crippen LogP contribution in [-0.2, 0) is 21.4 Å². The van der Waals surface area contributed by atoms with E-state index in [-0.39, 0.29) is 17.7 Å². The standard InChI is InChI=1S/C18H17ClN2O2S2/c1-18(2,5-6-22)15-10-25-17(20-15)21-16(23)7-11-9-24-14-4-3-12(19)8-13(11)14/h3-4,6,8-10H,5,7H2,1-2H3,(H,20,21,23). The van der Waals surface area contributed by atoms with Gasteiger partial charge >= 0.3 is 0 Å². The number of hydrogen-bond acceptors (Lipinski definition) is 5. The molecule has 0 aliphatic heterocycles. The lowest BCUT2D eigenvalue weighted by Gasteiger charge is -2.18. The summed E-state index contributed by atoms with van der Waals surface area (Å²) < 4.78 is 1.11. The Kier molecular flexibility index (Phi) is 5.22. The molecular formula is C18H17ClN2O2S2. The molecule has 7 heteroatoms. The maximum absolute atomic E-state index is 12.4. The number of nitrogens with zero attached hydrogens (tertiary/aromatic N) is 1. The van der Waals surface area contributed by atoms with Crippen molar-refractivity contribution < 1.29 is 9.59 Å². The van der Waals surface area contributed by atoms with Gasteiger partial charge in [-0.15, -0.1) is 22.7 Å². The second-order valence-electron chi connectivity index (χ2n) is 6.42. The van der Waals surface area contributed by atoms with Crippen LogP contribution in [0.1, 0.15) is 31.5 Å². The molecule has 0 bridgehead atoms. The van der Waals surface area contributed by atoms with Crippen molar-refractivity contribution in [3.8, 4) is 0 Å². The first-order valence-corrected chi connectivity index (χ1v) is 9.88.